The first-order chi connectivity index (χ1) is 8.34. The first-order valence-corrected chi connectivity index (χ1v) is 5.96. The van der Waals surface area contributed by atoms with E-state index in [9.17, 15) is 0 Å². The smallest absolute Gasteiger partial charge is 0.140 e. The van der Waals surface area contributed by atoms with E-state index in [1.807, 2.05) is 11.7 Å². The maximum atomic E-state index is 4.19. The van der Waals surface area contributed by atoms with Crippen LogP contribution in [0.4, 0.5) is 0 Å². The number of hydrogen-bond donors (Lipinski definition) is 1. The Bertz CT molecular complexity index is 518. The molecule has 4 heteroatoms. The molecule has 0 saturated heterocycles. The first-order valence-electron chi connectivity index (χ1n) is 5.96. The van der Waals surface area contributed by atoms with E-state index in [0.29, 0.717) is 5.92 Å². The predicted molar refractivity (Wildman–Crippen MR) is 65.6 cm³/mol. The fraction of sp³-hybridized carbons (Fsp3) is 0.385. The summed E-state index contributed by atoms with van der Waals surface area (Å²) in [6, 6.07) is 8.68. The summed E-state index contributed by atoms with van der Waals surface area (Å²) in [4.78, 5) is 4.19. The van der Waals surface area contributed by atoms with Crippen LogP contribution in [0.15, 0.2) is 30.6 Å². The van der Waals surface area contributed by atoms with Crippen molar-refractivity contribution in [3.05, 3.63) is 47.5 Å². The third-order valence-corrected chi connectivity index (χ3v) is 3.44. The molecule has 1 atom stereocenters. The molecule has 1 aromatic heterocycles. The summed E-state index contributed by atoms with van der Waals surface area (Å²) in [6.45, 7) is 1.80. The van der Waals surface area contributed by atoms with E-state index >= 15 is 0 Å². The van der Waals surface area contributed by atoms with Crippen molar-refractivity contribution in [3.63, 3.8) is 0 Å². The number of nitrogens with zero attached hydrogens (tertiary/aromatic N) is 3. The van der Waals surface area contributed by atoms with Gasteiger partial charge in [0.2, 0.25) is 0 Å². The van der Waals surface area contributed by atoms with Crippen LogP contribution in [0.5, 0.6) is 0 Å². The van der Waals surface area contributed by atoms with Gasteiger partial charge in [-0.2, -0.15) is 5.10 Å². The van der Waals surface area contributed by atoms with Crippen LogP contribution in [0.25, 0.3) is 0 Å². The maximum Gasteiger partial charge on any atom is 0.140 e. The molecule has 2 aromatic rings. The lowest BCUT2D eigenvalue weighted by Crippen LogP contribution is -2.29. The number of rotatable bonds is 4. The van der Waals surface area contributed by atoms with Gasteiger partial charge < -0.3 is 5.32 Å². The second-order valence-electron chi connectivity index (χ2n) is 4.53. The zero-order chi connectivity index (χ0) is 11.7. The van der Waals surface area contributed by atoms with E-state index in [1.54, 1.807) is 6.33 Å². The van der Waals surface area contributed by atoms with Crippen LogP contribution in [0.2, 0.25) is 0 Å². The highest BCUT2D eigenvalue weighted by Crippen LogP contribution is 2.33. The second-order valence-corrected chi connectivity index (χ2v) is 4.53. The van der Waals surface area contributed by atoms with Gasteiger partial charge in [0.25, 0.3) is 0 Å². The number of fused-ring (bicyclic) bond motifs is 1. The van der Waals surface area contributed by atoms with Gasteiger partial charge in [0.1, 0.15) is 12.2 Å². The van der Waals surface area contributed by atoms with Crippen LogP contribution in [-0.2, 0) is 20.0 Å². The Kier molecular flexibility index (Phi) is 2.65. The zero-order valence-electron chi connectivity index (χ0n) is 9.93. The van der Waals surface area contributed by atoms with Gasteiger partial charge in [0.05, 0.1) is 6.54 Å². The molecule has 1 aliphatic rings. The Balaban J connectivity index is 1.53. The molecule has 1 unspecified atom stereocenters. The summed E-state index contributed by atoms with van der Waals surface area (Å²) in [7, 11) is 1.92. The lowest BCUT2D eigenvalue weighted by Gasteiger charge is -2.30. The Morgan fingerprint density at radius 1 is 1.41 bits per heavy atom. The fourth-order valence-electron chi connectivity index (χ4n) is 2.38. The molecule has 0 aliphatic heterocycles. The highest BCUT2D eigenvalue weighted by atomic mass is 15.3. The number of aromatic nitrogens is 3. The van der Waals surface area contributed by atoms with Crippen molar-refractivity contribution >= 4 is 0 Å². The Morgan fingerprint density at radius 3 is 3.06 bits per heavy atom. The van der Waals surface area contributed by atoms with Gasteiger partial charge in [-0.15, -0.1) is 0 Å². The summed E-state index contributed by atoms with van der Waals surface area (Å²) in [5.74, 6) is 1.65. The van der Waals surface area contributed by atoms with Crippen LogP contribution in [0.3, 0.4) is 0 Å². The highest BCUT2D eigenvalue weighted by molar-refractivity contribution is 5.40. The number of nitrogens with one attached hydrogen (secondary N) is 1. The lowest BCUT2D eigenvalue weighted by molar-refractivity contribution is 0.519. The van der Waals surface area contributed by atoms with Crippen LogP contribution < -0.4 is 5.32 Å². The minimum Gasteiger partial charge on any atom is -0.309 e. The van der Waals surface area contributed by atoms with Crippen molar-refractivity contribution in [1.82, 2.24) is 20.1 Å². The average molecular weight is 228 g/mol. The molecule has 1 heterocycles. The molecule has 4 nitrogen and oxygen atoms in total. The van der Waals surface area contributed by atoms with Gasteiger partial charge in [-0.05, 0) is 17.5 Å². The van der Waals surface area contributed by atoms with Crippen LogP contribution in [-0.4, -0.2) is 21.3 Å². The SMILES string of the molecule is Cn1ncnc1CNCC1Cc2ccccc21. The molecular weight excluding hydrogens is 212 g/mol. The molecule has 3 rings (SSSR count). The van der Waals surface area contributed by atoms with Gasteiger partial charge in [-0.1, -0.05) is 24.3 Å². The van der Waals surface area contributed by atoms with E-state index in [4.69, 9.17) is 0 Å². The summed E-state index contributed by atoms with van der Waals surface area (Å²) < 4.78 is 1.81. The molecule has 17 heavy (non-hydrogen) atoms. The highest BCUT2D eigenvalue weighted by Gasteiger charge is 2.24. The minimum absolute atomic E-state index is 0.666. The van der Waals surface area contributed by atoms with E-state index in [-0.39, 0.29) is 0 Å². The summed E-state index contributed by atoms with van der Waals surface area (Å²) in [5, 5.41) is 7.50. The maximum absolute atomic E-state index is 4.19. The van der Waals surface area contributed by atoms with E-state index < -0.39 is 0 Å². The van der Waals surface area contributed by atoms with Gasteiger partial charge in [0.15, 0.2) is 0 Å². The predicted octanol–water partition coefficient (Wildman–Crippen LogP) is 1.24. The third-order valence-electron chi connectivity index (χ3n) is 3.44. The topological polar surface area (TPSA) is 42.7 Å². The van der Waals surface area contributed by atoms with Crippen LogP contribution in [0.1, 0.15) is 22.9 Å². The Hall–Kier alpha value is -1.68. The van der Waals surface area contributed by atoms with Crippen molar-refractivity contribution in [2.45, 2.75) is 18.9 Å². The van der Waals surface area contributed by atoms with Crippen molar-refractivity contribution in [2.75, 3.05) is 6.54 Å². The van der Waals surface area contributed by atoms with Gasteiger partial charge >= 0.3 is 0 Å². The average Bonchev–Trinajstić information content (AvgIpc) is 2.71. The molecule has 0 radical (unpaired) electrons. The fourth-order valence-corrected chi connectivity index (χ4v) is 2.38. The molecule has 0 saturated carbocycles. The lowest BCUT2D eigenvalue weighted by atomic mass is 9.78. The van der Waals surface area contributed by atoms with Crippen molar-refractivity contribution in [2.24, 2.45) is 7.05 Å². The van der Waals surface area contributed by atoms with Crippen molar-refractivity contribution < 1.29 is 0 Å². The molecule has 1 aliphatic carbocycles. The van der Waals surface area contributed by atoms with E-state index in [2.05, 4.69) is 39.7 Å². The van der Waals surface area contributed by atoms with E-state index in [1.165, 1.54) is 17.5 Å². The van der Waals surface area contributed by atoms with Gasteiger partial charge in [-0.3, -0.25) is 4.68 Å². The number of hydrogen-bond acceptors (Lipinski definition) is 3. The molecule has 1 N–H and O–H groups in total. The summed E-state index contributed by atoms with van der Waals surface area (Å²) in [6.07, 6.45) is 2.79. The van der Waals surface area contributed by atoms with Crippen LogP contribution in [0, 0.1) is 0 Å². The molecule has 0 bridgehead atoms. The van der Waals surface area contributed by atoms with Crippen molar-refractivity contribution in [3.8, 4) is 0 Å². The minimum atomic E-state index is 0.666. The van der Waals surface area contributed by atoms with Gasteiger partial charge in [0, 0.05) is 19.5 Å². The Labute approximate surface area is 101 Å². The molecule has 0 spiro atoms. The number of aryl methyl sites for hydroxylation is 1. The molecule has 88 valence electrons. The zero-order valence-corrected chi connectivity index (χ0v) is 9.93. The first kappa shape index (κ1) is 10.5. The van der Waals surface area contributed by atoms with Crippen molar-refractivity contribution in [1.29, 1.82) is 0 Å². The largest absolute Gasteiger partial charge is 0.309 e. The monoisotopic (exact) mass is 228 g/mol. The van der Waals surface area contributed by atoms with Crippen LogP contribution >= 0.6 is 0 Å². The van der Waals surface area contributed by atoms with Gasteiger partial charge in [-0.25, -0.2) is 4.98 Å². The summed E-state index contributed by atoms with van der Waals surface area (Å²) in [5.41, 5.74) is 3.00. The normalized spacial score (nSPS) is 17.6. The summed E-state index contributed by atoms with van der Waals surface area (Å²) >= 11 is 0. The molecular formula is C13H16N4. The number of benzene rings is 1. The van der Waals surface area contributed by atoms with E-state index in [0.717, 1.165) is 18.9 Å². The standard InChI is InChI=1S/C13H16N4/c1-17-13(15-9-16-17)8-14-7-11-6-10-4-2-3-5-12(10)11/h2-5,9,11,14H,6-8H2,1H3. The molecule has 0 amide bonds. The Morgan fingerprint density at radius 2 is 2.29 bits per heavy atom. The third kappa shape index (κ3) is 1.96. The second kappa shape index (κ2) is 4.30. The molecule has 1 aromatic carbocycles. The quantitative estimate of drug-likeness (QED) is 0.856. The molecule has 0 fully saturated rings.